The summed E-state index contributed by atoms with van der Waals surface area (Å²) in [6.45, 7) is 7.68. The summed E-state index contributed by atoms with van der Waals surface area (Å²) in [5.41, 5.74) is 3.95. The number of aryl methyl sites for hydroxylation is 1. The van der Waals surface area contributed by atoms with E-state index in [2.05, 4.69) is 29.3 Å². The van der Waals surface area contributed by atoms with E-state index in [0.29, 0.717) is 5.56 Å². The average molecular weight is 322 g/mol. The predicted octanol–water partition coefficient (Wildman–Crippen LogP) is 4.48. The minimum absolute atomic E-state index is 0.0567. The van der Waals surface area contributed by atoms with E-state index in [0.717, 1.165) is 23.7 Å². The molecule has 0 spiro atoms. The Bertz CT molecular complexity index is 693. The van der Waals surface area contributed by atoms with E-state index in [-0.39, 0.29) is 5.91 Å². The van der Waals surface area contributed by atoms with Crippen LogP contribution in [0, 0.1) is 12.8 Å². The molecule has 3 nitrogen and oxygen atoms in total. The minimum atomic E-state index is -0.0567. The molecule has 1 unspecified atom stereocenters. The van der Waals surface area contributed by atoms with Crippen molar-refractivity contribution in [2.75, 3.05) is 18.4 Å². The summed E-state index contributed by atoms with van der Waals surface area (Å²) in [6, 6.07) is 15.9. The second kappa shape index (κ2) is 7.63. The van der Waals surface area contributed by atoms with Gasteiger partial charge in [0.1, 0.15) is 0 Å². The van der Waals surface area contributed by atoms with E-state index < -0.39 is 0 Å². The van der Waals surface area contributed by atoms with Crippen LogP contribution in [0.2, 0.25) is 0 Å². The van der Waals surface area contributed by atoms with Crippen molar-refractivity contribution in [3.05, 3.63) is 65.2 Å². The number of anilines is 1. The lowest BCUT2D eigenvalue weighted by atomic mass is 9.99. The average Bonchev–Trinajstić information content (AvgIpc) is 2.55. The van der Waals surface area contributed by atoms with Gasteiger partial charge in [0.05, 0.1) is 0 Å². The van der Waals surface area contributed by atoms with Crippen LogP contribution in [-0.4, -0.2) is 23.9 Å². The highest BCUT2D eigenvalue weighted by Gasteiger charge is 2.16. The van der Waals surface area contributed by atoms with Crippen LogP contribution in [0.4, 0.5) is 5.69 Å². The minimum Gasteiger partial charge on any atom is -0.322 e. The van der Waals surface area contributed by atoms with Crippen molar-refractivity contribution < 1.29 is 4.79 Å². The maximum Gasteiger partial charge on any atom is 0.255 e. The van der Waals surface area contributed by atoms with Gasteiger partial charge in [0.25, 0.3) is 5.91 Å². The van der Waals surface area contributed by atoms with E-state index in [4.69, 9.17) is 0 Å². The maximum atomic E-state index is 12.3. The summed E-state index contributed by atoms with van der Waals surface area (Å²) in [7, 11) is 0. The summed E-state index contributed by atoms with van der Waals surface area (Å²) in [6.07, 6.45) is 2.63. The Kier molecular flexibility index (Phi) is 5.31. The van der Waals surface area contributed by atoms with Crippen molar-refractivity contribution in [2.45, 2.75) is 33.2 Å². The number of carbonyl (C=O) groups is 1. The molecule has 3 rings (SSSR count). The van der Waals surface area contributed by atoms with Gasteiger partial charge in [0.2, 0.25) is 0 Å². The van der Waals surface area contributed by atoms with Crippen molar-refractivity contribution in [1.29, 1.82) is 0 Å². The number of hydrogen-bond acceptors (Lipinski definition) is 2. The molecule has 1 atom stereocenters. The summed E-state index contributed by atoms with van der Waals surface area (Å²) < 4.78 is 0. The van der Waals surface area contributed by atoms with Gasteiger partial charge in [-0.1, -0.05) is 31.2 Å². The smallest absolute Gasteiger partial charge is 0.255 e. The van der Waals surface area contributed by atoms with Crippen molar-refractivity contribution in [2.24, 2.45) is 5.92 Å². The van der Waals surface area contributed by atoms with Gasteiger partial charge in [-0.25, -0.2) is 0 Å². The molecule has 1 aliphatic heterocycles. The van der Waals surface area contributed by atoms with E-state index in [1.165, 1.54) is 31.5 Å². The number of nitrogens with one attached hydrogen (secondary N) is 1. The van der Waals surface area contributed by atoms with Gasteiger partial charge in [-0.3, -0.25) is 9.69 Å². The van der Waals surface area contributed by atoms with E-state index in [1.807, 2.05) is 43.3 Å². The zero-order valence-electron chi connectivity index (χ0n) is 14.6. The SMILES string of the molecule is Cc1cccc(NC(=O)c2ccc(CN3CCCC(C)C3)cc2)c1. The lowest BCUT2D eigenvalue weighted by molar-refractivity contribution is 0.102. The molecule has 0 radical (unpaired) electrons. The van der Waals surface area contributed by atoms with E-state index in [1.54, 1.807) is 0 Å². The third-order valence-corrected chi connectivity index (χ3v) is 4.64. The van der Waals surface area contributed by atoms with Crippen LogP contribution >= 0.6 is 0 Å². The summed E-state index contributed by atoms with van der Waals surface area (Å²) in [5.74, 6) is 0.733. The van der Waals surface area contributed by atoms with Gasteiger partial charge in [-0.2, -0.15) is 0 Å². The largest absolute Gasteiger partial charge is 0.322 e. The Balaban J connectivity index is 1.60. The highest BCUT2D eigenvalue weighted by Crippen LogP contribution is 2.18. The molecule has 2 aromatic carbocycles. The fourth-order valence-corrected chi connectivity index (χ4v) is 3.38. The molecule has 1 amide bonds. The summed E-state index contributed by atoms with van der Waals surface area (Å²) in [5, 5.41) is 2.96. The molecule has 1 heterocycles. The monoisotopic (exact) mass is 322 g/mol. The number of likely N-dealkylation sites (tertiary alicyclic amines) is 1. The molecule has 0 aromatic heterocycles. The second-order valence-corrected chi connectivity index (χ2v) is 7.00. The normalized spacial score (nSPS) is 18.3. The molecule has 0 saturated carbocycles. The summed E-state index contributed by atoms with van der Waals surface area (Å²) in [4.78, 5) is 14.9. The van der Waals surface area contributed by atoms with Crippen LogP contribution in [0.25, 0.3) is 0 Å². The number of benzene rings is 2. The molecule has 2 aromatic rings. The Labute approximate surface area is 144 Å². The Hall–Kier alpha value is -2.13. The van der Waals surface area contributed by atoms with Crippen molar-refractivity contribution in [1.82, 2.24) is 4.90 Å². The van der Waals surface area contributed by atoms with Crippen LogP contribution in [0.5, 0.6) is 0 Å². The maximum absolute atomic E-state index is 12.3. The first-order valence-electron chi connectivity index (χ1n) is 8.79. The van der Waals surface area contributed by atoms with Gasteiger partial charge >= 0.3 is 0 Å². The predicted molar refractivity (Wildman–Crippen MR) is 99.2 cm³/mol. The Morgan fingerprint density at radius 3 is 2.71 bits per heavy atom. The zero-order chi connectivity index (χ0) is 16.9. The van der Waals surface area contributed by atoms with Crippen molar-refractivity contribution in [3.63, 3.8) is 0 Å². The molecule has 1 fully saturated rings. The Morgan fingerprint density at radius 1 is 1.21 bits per heavy atom. The molecule has 1 aliphatic rings. The fourth-order valence-electron chi connectivity index (χ4n) is 3.38. The van der Waals surface area contributed by atoms with Crippen LogP contribution in [0.15, 0.2) is 48.5 Å². The van der Waals surface area contributed by atoms with Crippen molar-refractivity contribution >= 4 is 11.6 Å². The lowest BCUT2D eigenvalue weighted by Crippen LogP contribution is -2.33. The lowest BCUT2D eigenvalue weighted by Gasteiger charge is -2.30. The van der Waals surface area contributed by atoms with Gasteiger partial charge < -0.3 is 5.32 Å². The van der Waals surface area contributed by atoms with E-state index >= 15 is 0 Å². The first-order chi connectivity index (χ1) is 11.6. The van der Waals surface area contributed by atoms with Gasteiger partial charge in [-0.05, 0) is 67.6 Å². The van der Waals surface area contributed by atoms with Crippen LogP contribution in [0.1, 0.15) is 41.3 Å². The number of rotatable bonds is 4. The molecular formula is C21H26N2O. The molecule has 1 N–H and O–H groups in total. The molecule has 0 bridgehead atoms. The van der Waals surface area contributed by atoms with E-state index in [9.17, 15) is 4.79 Å². The fraction of sp³-hybridized carbons (Fsp3) is 0.381. The molecular weight excluding hydrogens is 296 g/mol. The first kappa shape index (κ1) is 16.7. The van der Waals surface area contributed by atoms with Gasteiger partial charge in [0.15, 0.2) is 0 Å². The standard InChI is InChI=1S/C21H26N2O/c1-16-5-3-7-20(13-16)22-21(24)19-10-8-18(9-11-19)15-23-12-4-6-17(2)14-23/h3,5,7-11,13,17H,4,6,12,14-15H2,1-2H3,(H,22,24). The van der Waals surface area contributed by atoms with Crippen LogP contribution < -0.4 is 5.32 Å². The third kappa shape index (κ3) is 4.45. The highest BCUT2D eigenvalue weighted by molar-refractivity contribution is 6.04. The third-order valence-electron chi connectivity index (χ3n) is 4.64. The number of carbonyl (C=O) groups excluding carboxylic acids is 1. The topological polar surface area (TPSA) is 32.3 Å². The number of amides is 1. The number of nitrogens with zero attached hydrogens (tertiary/aromatic N) is 1. The molecule has 1 saturated heterocycles. The molecule has 0 aliphatic carbocycles. The highest BCUT2D eigenvalue weighted by atomic mass is 16.1. The van der Waals surface area contributed by atoms with Gasteiger partial charge in [0, 0.05) is 24.3 Å². The quantitative estimate of drug-likeness (QED) is 0.900. The molecule has 126 valence electrons. The van der Waals surface area contributed by atoms with Crippen LogP contribution in [-0.2, 0) is 6.54 Å². The first-order valence-corrected chi connectivity index (χ1v) is 8.79. The van der Waals surface area contributed by atoms with Crippen LogP contribution in [0.3, 0.4) is 0 Å². The number of piperidine rings is 1. The van der Waals surface area contributed by atoms with Crippen molar-refractivity contribution in [3.8, 4) is 0 Å². The second-order valence-electron chi connectivity index (χ2n) is 7.00. The van der Waals surface area contributed by atoms with Gasteiger partial charge in [-0.15, -0.1) is 0 Å². The zero-order valence-corrected chi connectivity index (χ0v) is 14.6. The molecule has 3 heteroatoms. The summed E-state index contributed by atoms with van der Waals surface area (Å²) >= 11 is 0. The number of hydrogen-bond donors (Lipinski definition) is 1. The Morgan fingerprint density at radius 2 is 2.00 bits per heavy atom. The molecule has 24 heavy (non-hydrogen) atoms.